The molecule has 0 aliphatic carbocycles. The Morgan fingerprint density at radius 3 is 2.41 bits per heavy atom. The number of aromatic nitrogens is 2. The number of alkyl halides is 3. The highest BCUT2D eigenvalue weighted by Gasteiger charge is 2.42. The summed E-state index contributed by atoms with van der Waals surface area (Å²) in [6.07, 6.45) is -4.53. The van der Waals surface area contributed by atoms with Crippen LogP contribution in [-0.2, 0) is 6.18 Å². The molecular weight excluding hydrogens is 571 g/mol. The number of fused-ring (bicyclic) bond motifs is 4. The van der Waals surface area contributed by atoms with Crippen molar-refractivity contribution in [1.29, 1.82) is 0 Å². The fourth-order valence-electron chi connectivity index (χ4n) is 5.58. The summed E-state index contributed by atoms with van der Waals surface area (Å²) >= 11 is 0. The molecule has 0 saturated heterocycles. The molecule has 3 heterocycles. The SMILES string of the molecule is Cc1nn(-c2ccccc2)c2c1C(c1cccc([N+](=O)[O-])c1)N1C(=N2)C(Nc2cccc(C(F)(F)F)c2)=Nc2ccccc21. The van der Waals surface area contributed by atoms with Gasteiger partial charge in [-0.2, -0.15) is 18.3 Å². The first-order valence-corrected chi connectivity index (χ1v) is 13.6. The Labute approximate surface area is 248 Å². The first kappa shape index (κ1) is 27.1. The highest BCUT2D eigenvalue weighted by molar-refractivity contribution is 6.51. The molecule has 1 unspecified atom stereocenters. The molecule has 4 aromatic carbocycles. The van der Waals surface area contributed by atoms with Crippen LogP contribution in [0.15, 0.2) is 113 Å². The summed E-state index contributed by atoms with van der Waals surface area (Å²) in [6, 6.07) is 27.3. The third-order valence-electron chi connectivity index (χ3n) is 7.49. The Morgan fingerprint density at radius 1 is 0.886 bits per heavy atom. The number of para-hydroxylation sites is 3. The van der Waals surface area contributed by atoms with Crippen LogP contribution < -0.4 is 10.2 Å². The van der Waals surface area contributed by atoms with E-state index in [2.05, 4.69) is 5.32 Å². The largest absolute Gasteiger partial charge is 0.416 e. The summed E-state index contributed by atoms with van der Waals surface area (Å²) in [5.41, 5.74) is 3.25. The Balaban J connectivity index is 1.48. The number of hydrogen-bond acceptors (Lipinski definition) is 7. The zero-order valence-corrected chi connectivity index (χ0v) is 23.0. The topological polar surface area (TPSA) is 101 Å². The Kier molecular flexibility index (Phi) is 6.27. The van der Waals surface area contributed by atoms with Gasteiger partial charge in [0.1, 0.15) is 0 Å². The van der Waals surface area contributed by atoms with E-state index in [4.69, 9.17) is 15.1 Å². The van der Waals surface area contributed by atoms with Gasteiger partial charge in [0.2, 0.25) is 0 Å². The lowest BCUT2D eigenvalue weighted by Crippen LogP contribution is -2.46. The van der Waals surface area contributed by atoms with Crippen LogP contribution in [-0.4, -0.2) is 26.4 Å². The highest BCUT2D eigenvalue weighted by Crippen LogP contribution is 2.48. The van der Waals surface area contributed by atoms with Crippen molar-refractivity contribution in [2.45, 2.75) is 19.1 Å². The normalized spacial score (nSPS) is 15.5. The van der Waals surface area contributed by atoms with Crippen molar-refractivity contribution in [1.82, 2.24) is 9.78 Å². The average Bonchev–Trinajstić information content (AvgIpc) is 3.36. The van der Waals surface area contributed by atoms with Crippen molar-refractivity contribution in [2.75, 3.05) is 10.2 Å². The molecule has 0 amide bonds. The van der Waals surface area contributed by atoms with E-state index in [9.17, 15) is 23.3 Å². The van der Waals surface area contributed by atoms with E-state index < -0.39 is 22.7 Å². The van der Waals surface area contributed by atoms with Crippen LogP contribution in [0.3, 0.4) is 0 Å². The van der Waals surface area contributed by atoms with Crippen molar-refractivity contribution in [3.8, 4) is 5.69 Å². The number of hydrogen-bond donors (Lipinski definition) is 1. The summed E-state index contributed by atoms with van der Waals surface area (Å²) in [4.78, 5) is 23.1. The van der Waals surface area contributed by atoms with Crippen LogP contribution in [0.1, 0.15) is 28.4 Å². The molecule has 0 bridgehead atoms. The van der Waals surface area contributed by atoms with Gasteiger partial charge in [0, 0.05) is 23.4 Å². The standard InChI is InChI=1S/C32H22F3N7O2/c1-19-27-28(20-9-7-14-24(17-20)42(43)44)40-26-16-6-5-15-25(26)37-29(36-22-11-8-10-21(18-22)32(33,34)35)31(40)38-30(27)41(39-19)23-12-3-2-4-13-23/h2-18,28H,1H3,(H,36,37). The molecule has 2 aliphatic heterocycles. The Hall–Kier alpha value is -5.78. The fraction of sp³-hybridized carbons (Fsp3) is 0.0938. The second-order valence-corrected chi connectivity index (χ2v) is 10.3. The molecule has 44 heavy (non-hydrogen) atoms. The van der Waals surface area contributed by atoms with E-state index in [1.165, 1.54) is 24.3 Å². The number of nitro benzene ring substituents is 1. The molecule has 0 spiro atoms. The molecular formula is C32H22F3N7O2. The highest BCUT2D eigenvalue weighted by atomic mass is 19.4. The molecule has 9 nitrogen and oxygen atoms in total. The maximum absolute atomic E-state index is 13.6. The first-order valence-electron chi connectivity index (χ1n) is 13.6. The molecule has 2 aliphatic rings. The van der Waals surface area contributed by atoms with E-state index in [0.29, 0.717) is 34.3 Å². The number of benzene rings is 4. The zero-order valence-electron chi connectivity index (χ0n) is 23.0. The summed E-state index contributed by atoms with van der Waals surface area (Å²) in [5, 5.41) is 19.7. The molecule has 12 heteroatoms. The summed E-state index contributed by atoms with van der Waals surface area (Å²) < 4.78 is 42.4. The molecule has 1 atom stereocenters. The minimum atomic E-state index is -4.53. The Bertz CT molecular complexity index is 2000. The van der Waals surface area contributed by atoms with Crippen LogP contribution in [0.4, 0.5) is 41.7 Å². The number of non-ortho nitro benzene ring substituents is 1. The number of halogens is 3. The van der Waals surface area contributed by atoms with Gasteiger partial charge >= 0.3 is 6.18 Å². The van der Waals surface area contributed by atoms with Gasteiger partial charge in [-0.1, -0.05) is 48.5 Å². The molecule has 1 aromatic heterocycles. The minimum absolute atomic E-state index is 0.0810. The van der Waals surface area contributed by atoms with E-state index in [-0.39, 0.29) is 17.2 Å². The second-order valence-electron chi connectivity index (χ2n) is 10.3. The number of rotatable bonds is 4. The number of anilines is 2. The summed E-state index contributed by atoms with van der Waals surface area (Å²) in [5.74, 6) is 1.01. The third kappa shape index (κ3) is 4.56. The smallest absolute Gasteiger partial charge is 0.337 e. The quantitative estimate of drug-likeness (QED) is 0.169. The van der Waals surface area contributed by atoms with Gasteiger partial charge in [-0.3, -0.25) is 10.1 Å². The first-order chi connectivity index (χ1) is 21.2. The molecule has 0 saturated carbocycles. The van der Waals surface area contributed by atoms with E-state index in [1.807, 2.05) is 60.4 Å². The monoisotopic (exact) mass is 593 g/mol. The average molecular weight is 594 g/mol. The summed E-state index contributed by atoms with van der Waals surface area (Å²) in [7, 11) is 0. The van der Waals surface area contributed by atoms with Gasteiger partial charge in [-0.25, -0.2) is 14.7 Å². The van der Waals surface area contributed by atoms with Crippen molar-refractivity contribution in [2.24, 2.45) is 9.98 Å². The van der Waals surface area contributed by atoms with Crippen LogP contribution in [0, 0.1) is 17.0 Å². The van der Waals surface area contributed by atoms with Crippen molar-refractivity contribution >= 4 is 40.2 Å². The molecule has 1 N–H and O–H groups in total. The molecule has 7 rings (SSSR count). The number of aliphatic imine (C=N–C) groups is 2. The number of nitrogens with zero attached hydrogens (tertiary/aromatic N) is 6. The predicted molar refractivity (Wildman–Crippen MR) is 161 cm³/mol. The predicted octanol–water partition coefficient (Wildman–Crippen LogP) is 7.90. The third-order valence-corrected chi connectivity index (χ3v) is 7.49. The van der Waals surface area contributed by atoms with Crippen LogP contribution in [0.5, 0.6) is 0 Å². The van der Waals surface area contributed by atoms with E-state index >= 15 is 0 Å². The minimum Gasteiger partial charge on any atom is -0.337 e. The van der Waals surface area contributed by atoms with Crippen LogP contribution >= 0.6 is 0 Å². The van der Waals surface area contributed by atoms with Gasteiger partial charge < -0.3 is 10.2 Å². The maximum atomic E-state index is 13.6. The van der Waals surface area contributed by atoms with Crippen molar-refractivity contribution in [3.05, 3.63) is 136 Å². The second kappa shape index (κ2) is 10.2. The van der Waals surface area contributed by atoms with E-state index in [0.717, 1.165) is 23.4 Å². The van der Waals surface area contributed by atoms with Gasteiger partial charge in [-0.15, -0.1) is 0 Å². The van der Waals surface area contributed by atoms with Crippen LogP contribution in [0.25, 0.3) is 5.69 Å². The van der Waals surface area contributed by atoms with Gasteiger partial charge in [0.05, 0.1) is 39.3 Å². The van der Waals surface area contributed by atoms with Gasteiger partial charge in [-0.05, 0) is 55.0 Å². The number of nitro groups is 1. The van der Waals surface area contributed by atoms with E-state index in [1.54, 1.807) is 22.9 Å². The lowest BCUT2D eigenvalue weighted by atomic mass is 9.93. The lowest BCUT2D eigenvalue weighted by Gasteiger charge is -2.40. The Morgan fingerprint density at radius 2 is 1.64 bits per heavy atom. The number of amidine groups is 2. The van der Waals surface area contributed by atoms with Gasteiger partial charge in [0.25, 0.3) is 5.69 Å². The van der Waals surface area contributed by atoms with Crippen LogP contribution in [0.2, 0.25) is 0 Å². The molecule has 218 valence electrons. The zero-order chi connectivity index (χ0) is 30.6. The lowest BCUT2D eigenvalue weighted by molar-refractivity contribution is -0.384. The fourth-order valence-corrected chi connectivity index (χ4v) is 5.58. The maximum Gasteiger partial charge on any atom is 0.416 e. The van der Waals surface area contributed by atoms with Crippen molar-refractivity contribution in [3.63, 3.8) is 0 Å². The molecule has 0 radical (unpaired) electrons. The number of aryl methyl sites for hydroxylation is 1. The molecule has 0 fully saturated rings. The summed E-state index contributed by atoms with van der Waals surface area (Å²) in [6.45, 7) is 1.86. The molecule has 5 aromatic rings. The van der Waals surface area contributed by atoms with Gasteiger partial charge in [0.15, 0.2) is 17.5 Å². The van der Waals surface area contributed by atoms with Crippen molar-refractivity contribution < 1.29 is 18.1 Å². The number of nitrogens with one attached hydrogen (secondary N) is 1.